The summed E-state index contributed by atoms with van der Waals surface area (Å²) in [7, 11) is 3.59. The first kappa shape index (κ1) is 14.4. The highest BCUT2D eigenvalue weighted by molar-refractivity contribution is 9.11. The van der Waals surface area contributed by atoms with Gasteiger partial charge in [0.1, 0.15) is 6.07 Å². The summed E-state index contributed by atoms with van der Waals surface area (Å²) in [5.74, 6) is 0.779. The van der Waals surface area contributed by atoms with Crippen LogP contribution in [0.4, 0.5) is 11.9 Å². The quantitative estimate of drug-likeness (QED) is 0.854. The summed E-state index contributed by atoms with van der Waals surface area (Å²) in [5, 5.41) is 9.29. The number of halogens is 1. The fraction of sp³-hybridized carbons (Fsp3) is 0.167. The molecule has 0 bridgehead atoms. The van der Waals surface area contributed by atoms with Crippen LogP contribution in [0, 0.1) is 11.3 Å². The highest BCUT2D eigenvalue weighted by Crippen LogP contribution is 2.26. The summed E-state index contributed by atoms with van der Waals surface area (Å²) >= 11 is 4.90. The molecule has 2 aromatic heterocycles. The van der Waals surface area contributed by atoms with E-state index in [4.69, 9.17) is 5.73 Å². The van der Waals surface area contributed by atoms with Gasteiger partial charge in [-0.15, -0.1) is 11.3 Å². The summed E-state index contributed by atoms with van der Waals surface area (Å²) in [5.41, 5.74) is 6.00. The minimum Gasteiger partial charge on any atom is -0.368 e. The van der Waals surface area contributed by atoms with Crippen LogP contribution in [-0.2, 0) is 0 Å². The van der Waals surface area contributed by atoms with Crippen molar-refractivity contribution in [2.45, 2.75) is 0 Å². The SMILES string of the molecule is CN(C)c1nc(N)nc(/C(C#N)=C/c2ccc(Br)s2)n1. The van der Waals surface area contributed by atoms with Crippen molar-refractivity contribution in [2.75, 3.05) is 24.7 Å². The molecule has 0 saturated carbocycles. The van der Waals surface area contributed by atoms with Gasteiger partial charge in [0, 0.05) is 19.0 Å². The number of hydrogen-bond acceptors (Lipinski definition) is 7. The third kappa shape index (κ3) is 3.31. The number of nitrogens with zero attached hydrogens (tertiary/aromatic N) is 5. The average Bonchev–Trinajstić information content (AvgIpc) is 2.80. The van der Waals surface area contributed by atoms with Gasteiger partial charge < -0.3 is 10.6 Å². The van der Waals surface area contributed by atoms with E-state index < -0.39 is 0 Å². The fourth-order valence-electron chi connectivity index (χ4n) is 1.40. The van der Waals surface area contributed by atoms with Crippen molar-refractivity contribution in [2.24, 2.45) is 0 Å². The zero-order valence-electron chi connectivity index (χ0n) is 10.8. The van der Waals surface area contributed by atoms with E-state index in [-0.39, 0.29) is 11.8 Å². The largest absolute Gasteiger partial charge is 0.368 e. The van der Waals surface area contributed by atoms with Crippen molar-refractivity contribution in [3.63, 3.8) is 0 Å². The molecule has 2 N–H and O–H groups in total. The van der Waals surface area contributed by atoms with E-state index in [2.05, 4.69) is 37.0 Å². The molecule has 0 aliphatic carbocycles. The van der Waals surface area contributed by atoms with E-state index in [0.717, 1.165) is 8.66 Å². The lowest BCUT2D eigenvalue weighted by Gasteiger charge is -2.10. The minimum absolute atomic E-state index is 0.0900. The topological polar surface area (TPSA) is 91.7 Å². The lowest BCUT2D eigenvalue weighted by Crippen LogP contribution is -2.15. The molecule has 0 spiro atoms. The van der Waals surface area contributed by atoms with Gasteiger partial charge in [-0.05, 0) is 34.1 Å². The molecule has 0 fully saturated rings. The maximum atomic E-state index is 9.29. The van der Waals surface area contributed by atoms with Gasteiger partial charge in [-0.3, -0.25) is 0 Å². The molecule has 8 heteroatoms. The third-order valence-electron chi connectivity index (χ3n) is 2.28. The lowest BCUT2D eigenvalue weighted by atomic mass is 10.2. The van der Waals surface area contributed by atoms with Crippen LogP contribution in [0.2, 0.25) is 0 Å². The van der Waals surface area contributed by atoms with E-state index in [1.165, 1.54) is 11.3 Å². The smallest absolute Gasteiger partial charge is 0.230 e. The summed E-state index contributed by atoms with van der Waals surface area (Å²) in [6, 6.07) is 5.92. The predicted octanol–water partition coefficient (Wildman–Crippen LogP) is 2.41. The van der Waals surface area contributed by atoms with E-state index in [9.17, 15) is 5.26 Å². The van der Waals surface area contributed by atoms with E-state index in [0.29, 0.717) is 11.5 Å². The van der Waals surface area contributed by atoms with Crippen LogP contribution in [-0.4, -0.2) is 29.0 Å². The Kier molecular flexibility index (Phi) is 4.32. The first-order chi connectivity index (χ1) is 9.49. The Morgan fingerprint density at radius 2 is 2.15 bits per heavy atom. The molecular weight excluding hydrogens is 340 g/mol. The molecule has 0 unspecified atom stereocenters. The number of nitriles is 1. The molecule has 0 radical (unpaired) electrons. The molecule has 2 rings (SSSR count). The highest BCUT2D eigenvalue weighted by atomic mass is 79.9. The number of allylic oxidation sites excluding steroid dienone is 1. The fourth-order valence-corrected chi connectivity index (χ4v) is 2.76. The maximum absolute atomic E-state index is 9.29. The summed E-state index contributed by atoms with van der Waals surface area (Å²) in [4.78, 5) is 14.9. The number of hydrogen-bond donors (Lipinski definition) is 1. The average molecular weight is 351 g/mol. The van der Waals surface area contributed by atoms with Crippen molar-refractivity contribution in [1.29, 1.82) is 5.26 Å². The molecule has 20 heavy (non-hydrogen) atoms. The highest BCUT2D eigenvalue weighted by Gasteiger charge is 2.11. The zero-order chi connectivity index (χ0) is 14.7. The van der Waals surface area contributed by atoms with E-state index >= 15 is 0 Å². The number of anilines is 2. The number of nitrogens with two attached hydrogens (primary N) is 1. The molecule has 2 heterocycles. The van der Waals surface area contributed by atoms with Crippen molar-refractivity contribution < 1.29 is 0 Å². The van der Waals surface area contributed by atoms with Gasteiger partial charge in [0.15, 0.2) is 5.82 Å². The molecular formula is C12H11BrN6S. The lowest BCUT2D eigenvalue weighted by molar-refractivity contribution is 0.952. The molecule has 0 atom stereocenters. The second-order valence-electron chi connectivity index (χ2n) is 4.02. The zero-order valence-corrected chi connectivity index (χ0v) is 13.2. The maximum Gasteiger partial charge on any atom is 0.230 e. The van der Waals surface area contributed by atoms with Gasteiger partial charge in [0.25, 0.3) is 0 Å². The summed E-state index contributed by atoms with van der Waals surface area (Å²) in [6.07, 6.45) is 1.73. The van der Waals surface area contributed by atoms with Gasteiger partial charge in [-0.25, -0.2) is 0 Å². The Labute approximate surface area is 128 Å². The van der Waals surface area contributed by atoms with Crippen LogP contribution >= 0.6 is 27.3 Å². The molecule has 102 valence electrons. The molecule has 2 aromatic rings. The van der Waals surface area contributed by atoms with E-state index in [1.54, 1.807) is 25.1 Å². The summed E-state index contributed by atoms with van der Waals surface area (Å²) in [6.45, 7) is 0. The second kappa shape index (κ2) is 5.98. The first-order valence-corrected chi connectivity index (χ1v) is 7.17. The predicted molar refractivity (Wildman–Crippen MR) is 84.1 cm³/mol. The van der Waals surface area contributed by atoms with Crippen molar-refractivity contribution in [3.8, 4) is 6.07 Å². The van der Waals surface area contributed by atoms with Crippen molar-refractivity contribution >= 4 is 50.8 Å². The molecule has 0 aliphatic heterocycles. The van der Waals surface area contributed by atoms with Gasteiger partial charge in [0.2, 0.25) is 11.9 Å². The number of aromatic nitrogens is 3. The van der Waals surface area contributed by atoms with E-state index in [1.807, 2.05) is 12.1 Å². The Bertz CT molecular complexity index is 700. The van der Waals surface area contributed by atoms with Crippen LogP contribution in [0.25, 0.3) is 11.6 Å². The van der Waals surface area contributed by atoms with Gasteiger partial charge in [0.05, 0.1) is 9.36 Å². The molecule has 6 nitrogen and oxygen atoms in total. The Hall–Kier alpha value is -1.98. The van der Waals surface area contributed by atoms with Crippen LogP contribution < -0.4 is 10.6 Å². The third-order valence-corrected chi connectivity index (χ3v) is 3.85. The number of rotatable bonds is 3. The summed E-state index contributed by atoms with van der Waals surface area (Å²) < 4.78 is 0.991. The molecule has 0 saturated heterocycles. The van der Waals surface area contributed by atoms with Crippen molar-refractivity contribution in [3.05, 3.63) is 26.6 Å². The van der Waals surface area contributed by atoms with Crippen molar-refractivity contribution in [1.82, 2.24) is 15.0 Å². The first-order valence-electron chi connectivity index (χ1n) is 5.56. The Morgan fingerprint density at radius 3 is 2.70 bits per heavy atom. The van der Waals surface area contributed by atoms with Gasteiger partial charge >= 0.3 is 0 Å². The minimum atomic E-state index is 0.0900. The van der Waals surface area contributed by atoms with Crippen LogP contribution in [0.15, 0.2) is 15.9 Å². The second-order valence-corrected chi connectivity index (χ2v) is 6.52. The van der Waals surface area contributed by atoms with Crippen LogP contribution in [0.1, 0.15) is 10.7 Å². The van der Waals surface area contributed by atoms with Gasteiger partial charge in [-0.2, -0.15) is 20.2 Å². The Morgan fingerprint density at radius 1 is 1.40 bits per heavy atom. The number of thiophene rings is 1. The van der Waals surface area contributed by atoms with Crippen LogP contribution in [0.3, 0.4) is 0 Å². The van der Waals surface area contributed by atoms with Gasteiger partial charge in [-0.1, -0.05) is 0 Å². The molecule has 0 amide bonds. The van der Waals surface area contributed by atoms with Crippen LogP contribution in [0.5, 0.6) is 0 Å². The number of nitrogen functional groups attached to an aromatic ring is 1. The standard InChI is InChI=1S/C12H11BrN6S/c1-19(2)12-17-10(16-11(15)18-12)7(6-14)5-8-3-4-9(13)20-8/h3-5H,1-2H3,(H2,15,16,17,18)/b7-5+. The monoisotopic (exact) mass is 350 g/mol. The Balaban J connectivity index is 2.47. The molecule has 0 aromatic carbocycles. The molecule has 0 aliphatic rings. The normalized spacial score (nSPS) is 11.2.